The summed E-state index contributed by atoms with van der Waals surface area (Å²) in [6.07, 6.45) is 5.03. The number of rotatable bonds is 3. The van der Waals surface area contributed by atoms with Crippen LogP contribution in [0.3, 0.4) is 0 Å². The number of hydrogen-bond donors (Lipinski definition) is 2. The van der Waals surface area contributed by atoms with Crippen molar-refractivity contribution in [1.82, 2.24) is 5.32 Å². The topological polar surface area (TPSA) is 64.4 Å². The third-order valence-electron chi connectivity index (χ3n) is 1.85. The molecule has 0 aliphatic carbocycles. The van der Waals surface area contributed by atoms with Crippen molar-refractivity contribution in [2.75, 3.05) is 19.4 Å². The second-order valence-electron chi connectivity index (χ2n) is 2.81. The highest BCUT2D eigenvalue weighted by molar-refractivity contribution is 5.98. The van der Waals surface area contributed by atoms with Gasteiger partial charge in [-0.1, -0.05) is 12.0 Å². The van der Waals surface area contributed by atoms with Crippen LogP contribution in [0.4, 0.5) is 5.69 Å². The number of methoxy groups -OCH3 is 1. The second-order valence-corrected chi connectivity index (χ2v) is 2.81. The molecule has 3 N–H and O–H groups in total. The van der Waals surface area contributed by atoms with Crippen LogP contribution in [0.15, 0.2) is 18.2 Å². The molecule has 1 amide bonds. The van der Waals surface area contributed by atoms with Crippen LogP contribution in [0.2, 0.25) is 0 Å². The third-order valence-corrected chi connectivity index (χ3v) is 1.85. The average Bonchev–Trinajstić information content (AvgIpc) is 2.25. The summed E-state index contributed by atoms with van der Waals surface area (Å²) >= 11 is 0. The van der Waals surface area contributed by atoms with Crippen LogP contribution >= 0.6 is 0 Å². The van der Waals surface area contributed by atoms with Gasteiger partial charge in [-0.2, -0.15) is 0 Å². The van der Waals surface area contributed by atoms with E-state index in [4.69, 9.17) is 16.9 Å². The van der Waals surface area contributed by atoms with Crippen molar-refractivity contribution >= 4 is 11.6 Å². The van der Waals surface area contributed by atoms with Crippen LogP contribution in [0.5, 0.6) is 5.75 Å². The Balaban J connectivity index is 2.99. The fourth-order valence-corrected chi connectivity index (χ4v) is 1.19. The monoisotopic (exact) mass is 204 g/mol. The zero-order chi connectivity index (χ0) is 11.3. The number of amides is 1. The number of nitrogens with two attached hydrogens (primary N) is 1. The van der Waals surface area contributed by atoms with Gasteiger partial charge in [0.1, 0.15) is 0 Å². The van der Waals surface area contributed by atoms with Gasteiger partial charge in [0.05, 0.1) is 24.9 Å². The standard InChI is InChI=1S/C11H12N2O2/c1-3-7-13-11(14)8-5-4-6-9(12)10(8)15-2/h1,4-6H,7,12H2,2H3,(H,13,14). The smallest absolute Gasteiger partial charge is 0.255 e. The van der Waals surface area contributed by atoms with Crippen molar-refractivity contribution in [1.29, 1.82) is 0 Å². The summed E-state index contributed by atoms with van der Waals surface area (Å²) in [5.41, 5.74) is 6.46. The number of carbonyl (C=O) groups is 1. The lowest BCUT2D eigenvalue weighted by Crippen LogP contribution is -2.24. The molecule has 0 saturated carbocycles. The molecule has 4 heteroatoms. The SMILES string of the molecule is C#CCNC(=O)c1cccc(N)c1OC. The Morgan fingerprint density at radius 3 is 3.00 bits per heavy atom. The number of carbonyl (C=O) groups excluding carboxylic acids is 1. The molecule has 0 saturated heterocycles. The summed E-state index contributed by atoms with van der Waals surface area (Å²) in [5, 5.41) is 2.54. The molecule has 15 heavy (non-hydrogen) atoms. The van der Waals surface area contributed by atoms with Gasteiger partial charge in [-0.25, -0.2) is 0 Å². The Morgan fingerprint density at radius 1 is 1.67 bits per heavy atom. The lowest BCUT2D eigenvalue weighted by Gasteiger charge is -2.09. The fraction of sp³-hybridized carbons (Fsp3) is 0.182. The van der Waals surface area contributed by atoms with E-state index in [1.54, 1.807) is 18.2 Å². The molecule has 1 rings (SSSR count). The Hall–Kier alpha value is -2.15. The molecule has 0 spiro atoms. The summed E-state index contributed by atoms with van der Waals surface area (Å²) in [7, 11) is 1.46. The van der Waals surface area contributed by atoms with Crippen LogP contribution < -0.4 is 15.8 Å². The summed E-state index contributed by atoms with van der Waals surface area (Å²) in [4.78, 5) is 11.6. The Morgan fingerprint density at radius 2 is 2.40 bits per heavy atom. The van der Waals surface area contributed by atoms with Crippen molar-refractivity contribution < 1.29 is 9.53 Å². The molecule has 0 heterocycles. The highest BCUT2D eigenvalue weighted by Gasteiger charge is 2.13. The lowest BCUT2D eigenvalue weighted by atomic mass is 10.1. The predicted octanol–water partition coefficient (Wildman–Crippen LogP) is 0.640. The van der Waals surface area contributed by atoms with Crippen molar-refractivity contribution in [2.45, 2.75) is 0 Å². The van der Waals surface area contributed by atoms with Gasteiger partial charge in [0.25, 0.3) is 5.91 Å². The van der Waals surface area contributed by atoms with Crippen molar-refractivity contribution in [3.63, 3.8) is 0 Å². The summed E-state index contributed by atoms with van der Waals surface area (Å²) in [6.45, 7) is 0.177. The van der Waals surface area contributed by atoms with Gasteiger partial charge in [0.15, 0.2) is 5.75 Å². The van der Waals surface area contributed by atoms with E-state index in [0.29, 0.717) is 17.0 Å². The average molecular weight is 204 g/mol. The maximum Gasteiger partial charge on any atom is 0.255 e. The van der Waals surface area contributed by atoms with Gasteiger partial charge < -0.3 is 15.8 Å². The molecule has 0 aromatic heterocycles. The number of benzene rings is 1. The van der Waals surface area contributed by atoms with E-state index < -0.39 is 0 Å². The quantitative estimate of drug-likeness (QED) is 0.561. The van der Waals surface area contributed by atoms with Crippen molar-refractivity contribution in [3.05, 3.63) is 23.8 Å². The van der Waals surface area contributed by atoms with Gasteiger partial charge in [-0.15, -0.1) is 6.42 Å². The van der Waals surface area contributed by atoms with Crippen LogP contribution in [0.25, 0.3) is 0 Å². The van der Waals surface area contributed by atoms with E-state index in [9.17, 15) is 4.79 Å². The lowest BCUT2D eigenvalue weighted by molar-refractivity contribution is 0.0956. The van der Waals surface area contributed by atoms with Crippen molar-refractivity contribution in [3.8, 4) is 18.1 Å². The van der Waals surface area contributed by atoms with Crippen LogP contribution in [-0.2, 0) is 0 Å². The zero-order valence-electron chi connectivity index (χ0n) is 8.41. The van der Waals surface area contributed by atoms with E-state index in [1.165, 1.54) is 7.11 Å². The molecule has 0 bridgehead atoms. The fourth-order valence-electron chi connectivity index (χ4n) is 1.19. The first-order valence-electron chi connectivity index (χ1n) is 4.34. The molecule has 0 atom stereocenters. The third kappa shape index (κ3) is 2.41. The number of hydrogen-bond acceptors (Lipinski definition) is 3. The Labute approximate surface area is 88.4 Å². The second kappa shape index (κ2) is 4.91. The van der Waals surface area contributed by atoms with E-state index in [2.05, 4.69) is 11.2 Å². The van der Waals surface area contributed by atoms with Crippen LogP contribution in [0, 0.1) is 12.3 Å². The largest absolute Gasteiger partial charge is 0.494 e. The number of ether oxygens (including phenoxy) is 1. The number of terminal acetylenes is 1. The minimum absolute atomic E-state index is 0.177. The molecule has 4 nitrogen and oxygen atoms in total. The number of nitrogens with one attached hydrogen (secondary N) is 1. The van der Waals surface area contributed by atoms with Gasteiger partial charge in [0.2, 0.25) is 0 Å². The van der Waals surface area contributed by atoms with E-state index in [0.717, 1.165) is 0 Å². The maximum absolute atomic E-state index is 11.6. The minimum atomic E-state index is -0.294. The molecule has 78 valence electrons. The van der Waals surface area contributed by atoms with E-state index in [1.807, 2.05) is 0 Å². The highest BCUT2D eigenvalue weighted by Crippen LogP contribution is 2.25. The molecular formula is C11H12N2O2. The molecule has 0 fully saturated rings. The first-order chi connectivity index (χ1) is 7.20. The van der Waals surface area contributed by atoms with Crippen molar-refractivity contribution in [2.24, 2.45) is 0 Å². The number of anilines is 1. The first kappa shape index (κ1) is 10.9. The van der Waals surface area contributed by atoms with E-state index >= 15 is 0 Å². The molecule has 0 aliphatic heterocycles. The van der Waals surface area contributed by atoms with Crippen LogP contribution in [0.1, 0.15) is 10.4 Å². The minimum Gasteiger partial charge on any atom is -0.494 e. The van der Waals surface area contributed by atoms with Gasteiger partial charge in [-0.05, 0) is 12.1 Å². The molecule has 1 aromatic carbocycles. The maximum atomic E-state index is 11.6. The first-order valence-corrected chi connectivity index (χ1v) is 4.34. The van der Waals surface area contributed by atoms with Crippen LogP contribution in [-0.4, -0.2) is 19.6 Å². The molecule has 0 aliphatic rings. The molecular weight excluding hydrogens is 192 g/mol. The summed E-state index contributed by atoms with van der Waals surface area (Å²) < 4.78 is 5.04. The van der Waals surface area contributed by atoms with Gasteiger partial charge >= 0.3 is 0 Å². The molecule has 0 unspecified atom stereocenters. The Bertz CT molecular complexity index is 408. The highest BCUT2D eigenvalue weighted by atomic mass is 16.5. The van der Waals surface area contributed by atoms with Gasteiger partial charge in [-0.3, -0.25) is 4.79 Å². The zero-order valence-corrected chi connectivity index (χ0v) is 8.41. The Kier molecular flexibility index (Phi) is 3.58. The predicted molar refractivity (Wildman–Crippen MR) is 58.6 cm³/mol. The number of para-hydroxylation sites is 1. The molecule has 0 radical (unpaired) electrons. The van der Waals surface area contributed by atoms with Gasteiger partial charge in [0, 0.05) is 0 Å². The summed E-state index contributed by atoms with van der Waals surface area (Å²) in [5.74, 6) is 2.39. The van der Waals surface area contributed by atoms with E-state index in [-0.39, 0.29) is 12.5 Å². The molecule has 1 aromatic rings. The number of nitrogen functional groups attached to an aromatic ring is 1. The normalized spacial score (nSPS) is 9.07. The summed E-state index contributed by atoms with van der Waals surface area (Å²) in [6, 6.07) is 4.97.